The first-order chi connectivity index (χ1) is 17.0. The fraction of sp³-hybridized carbons (Fsp3) is 0.0385. The van der Waals surface area contributed by atoms with Gasteiger partial charge < -0.3 is 9.72 Å². The van der Waals surface area contributed by atoms with Crippen LogP contribution in [0.2, 0.25) is 0 Å². The number of hydrogen-bond acceptors (Lipinski definition) is 6. The molecule has 0 saturated carbocycles. The predicted molar refractivity (Wildman–Crippen MR) is 133 cm³/mol. The monoisotopic (exact) mass is 466 g/mol. The van der Waals surface area contributed by atoms with Gasteiger partial charge >= 0.3 is 11.4 Å². The van der Waals surface area contributed by atoms with E-state index in [9.17, 15) is 19.7 Å². The molecule has 0 aliphatic rings. The molecule has 9 heteroatoms. The smallest absolute Gasteiger partial charge is 0.349 e. The Balaban J connectivity index is 1.44. The van der Waals surface area contributed by atoms with Gasteiger partial charge in [-0.2, -0.15) is 5.10 Å². The normalized spacial score (nSPS) is 11.3. The summed E-state index contributed by atoms with van der Waals surface area (Å²) in [5, 5.41) is 18.0. The molecular formula is C26H18N4O5. The van der Waals surface area contributed by atoms with Crippen molar-refractivity contribution in [1.29, 1.82) is 0 Å². The Morgan fingerprint density at radius 2 is 1.69 bits per heavy atom. The highest BCUT2D eigenvalue weighted by Gasteiger charge is 2.16. The van der Waals surface area contributed by atoms with E-state index in [-0.39, 0.29) is 18.0 Å². The highest BCUT2D eigenvalue weighted by atomic mass is 16.6. The molecule has 1 heterocycles. The number of H-pyrrole nitrogens is 1. The van der Waals surface area contributed by atoms with Crippen molar-refractivity contribution in [3.05, 3.63) is 127 Å². The first-order valence-electron chi connectivity index (χ1n) is 10.7. The summed E-state index contributed by atoms with van der Waals surface area (Å²) in [4.78, 5) is 38.6. The van der Waals surface area contributed by atoms with E-state index in [2.05, 4.69) is 10.1 Å². The van der Waals surface area contributed by atoms with Crippen LogP contribution in [0.5, 0.6) is 5.75 Å². The third-order valence-electron chi connectivity index (χ3n) is 5.55. The van der Waals surface area contributed by atoms with Crippen LogP contribution in [0.25, 0.3) is 21.7 Å². The largest absolute Gasteiger partial charge is 0.482 e. The van der Waals surface area contributed by atoms with Gasteiger partial charge in [-0.25, -0.2) is 4.79 Å². The van der Waals surface area contributed by atoms with Gasteiger partial charge in [0.2, 0.25) is 0 Å². The molecule has 5 aromatic rings. The van der Waals surface area contributed by atoms with E-state index in [1.54, 1.807) is 30.3 Å². The lowest BCUT2D eigenvalue weighted by atomic mass is 10.1. The summed E-state index contributed by atoms with van der Waals surface area (Å²) in [6, 6.07) is 24.5. The zero-order chi connectivity index (χ0) is 24.4. The number of fused-ring (bicyclic) bond motifs is 2. The molecular weight excluding hydrogens is 448 g/mol. The molecule has 4 aromatic carbocycles. The highest BCUT2D eigenvalue weighted by molar-refractivity contribution is 5.85. The molecule has 0 amide bonds. The Bertz CT molecular complexity index is 1730. The number of aromatic nitrogens is 2. The first kappa shape index (κ1) is 21.8. The van der Waals surface area contributed by atoms with Crippen molar-refractivity contribution >= 4 is 33.6 Å². The van der Waals surface area contributed by atoms with Crippen molar-refractivity contribution in [2.24, 2.45) is 5.10 Å². The van der Waals surface area contributed by atoms with Crippen LogP contribution in [-0.4, -0.2) is 20.8 Å². The molecule has 5 rings (SSSR count). The minimum absolute atomic E-state index is 0.0980. The van der Waals surface area contributed by atoms with Gasteiger partial charge in [0.25, 0.3) is 5.56 Å². The van der Waals surface area contributed by atoms with Gasteiger partial charge in [-0.1, -0.05) is 54.6 Å². The number of rotatable bonds is 6. The fourth-order valence-electron chi connectivity index (χ4n) is 3.84. The van der Waals surface area contributed by atoms with Crippen LogP contribution < -0.4 is 16.0 Å². The quantitative estimate of drug-likeness (QED) is 0.228. The minimum Gasteiger partial charge on any atom is -0.482 e. The average molecular weight is 466 g/mol. The molecule has 35 heavy (non-hydrogen) atoms. The van der Waals surface area contributed by atoms with Gasteiger partial charge in [-0.05, 0) is 40.6 Å². The number of nitrogens with zero attached hydrogens (tertiary/aromatic N) is 3. The summed E-state index contributed by atoms with van der Waals surface area (Å²) in [5.74, 6) is 0.0980. The van der Waals surface area contributed by atoms with Gasteiger partial charge in [0.1, 0.15) is 6.61 Å². The SMILES string of the molecule is O=c1[nH]c2ccccc2c(=O)n1N=Cc1ccc(OCc2cccc3ccccc23)c([N+](=O)[O-])c1. The number of aromatic amines is 1. The van der Waals surface area contributed by atoms with Crippen LogP contribution in [-0.2, 0) is 6.61 Å². The lowest BCUT2D eigenvalue weighted by Gasteiger charge is -2.10. The van der Waals surface area contributed by atoms with E-state index in [1.807, 2.05) is 42.5 Å². The van der Waals surface area contributed by atoms with Crippen LogP contribution in [0.4, 0.5) is 5.69 Å². The average Bonchev–Trinajstić information content (AvgIpc) is 2.87. The summed E-state index contributed by atoms with van der Waals surface area (Å²) in [6.45, 7) is 0.150. The molecule has 0 unspecified atom stereocenters. The highest BCUT2D eigenvalue weighted by Crippen LogP contribution is 2.29. The molecule has 0 spiro atoms. The maximum absolute atomic E-state index is 12.6. The number of hydrogen-bond donors (Lipinski definition) is 1. The Kier molecular flexibility index (Phi) is 5.64. The van der Waals surface area contributed by atoms with E-state index >= 15 is 0 Å². The number of nitro benzene ring substituents is 1. The van der Waals surface area contributed by atoms with E-state index < -0.39 is 16.2 Å². The van der Waals surface area contributed by atoms with Gasteiger partial charge in [-0.3, -0.25) is 14.9 Å². The van der Waals surface area contributed by atoms with Crippen molar-refractivity contribution < 1.29 is 9.66 Å². The molecule has 1 aromatic heterocycles. The Hall–Kier alpha value is -5.05. The molecule has 1 N–H and O–H groups in total. The zero-order valence-electron chi connectivity index (χ0n) is 18.3. The summed E-state index contributed by atoms with van der Waals surface area (Å²) in [5.41, 5.74) is 0.0671. The Morgan fingerprint density at radius 1 is 0.943 bits per heavy atom. The van der Waals surface area contributed by atoms with E-state index in [1.165, 1.54) is 18.3 Å². The van der Waals surface area contributed by atoms with Crippen LogP contribution in [0.3, 0.4) is 0 Å². The maximum Gasteiger partial charge on any atom is 0.349 e. The topological polar surface area (TPSA) is 120 Å². The van der Waals surface area contributed by atoms with Gasteiger partial charge in [0, 0.05) is 11.6 Å². The minimum atomic E-state index is -0.713. The third kappa shape index (κ3) is 4.30. The molecule has 0 fully saturated rings. The zero-order valence-corrected chi connectivity index (χ0v) is 18.3. The van der Waals surface area contributed by atoms with Crippen molar-refractivity contribution in [2.75, 3.05) is 0 Å². The van der Waals surface area contributed by atoms with Crippen LogP contribution in [0.1, 0.15) is 11.1 Å². The van der Waals surface area contributed by atoms with Crippen molar-refractivity contribution in [3.8, 4) is 5.75 Å². The van der Waals surface area contributed by atoms with Gasteiger partial charge in [-0.15, -0.1) is 4.68 Å². The standard InChI is InChI=1S/C26H18N4O5/c31-25-21-10-3-4-11-22(21)28-26(32)29(25)27-15-17-12-13-24(23(14-17)30(33)34)35-16-19-8-5-7-18-6-1-2-9-20(18)19/h1-15H,16H2,(H,28,32). The lowest BCUT2D eigenvalue weighted by Crippen LogP contribution is -2.32. The third-order valence-corrected chi connectivity index (χ3v) is 5.55. The summed E-state index contributed by atoms with van der Waals surface area (Å²) in [7, 11) is 0. The van der Waals surface area contributed by atoms with Crippen molar-refractivity contribution in [1.82, 2.24) is 9.66 Å². The molecule has 172 valence electrons. The summed E-state index contributed by atoms with van der Waals surface area (Å²) < 4.78 is 6.48. The molecule has 0 saturated heterocycles. The summed E-state index contributed by atoms with van der Waals surface area (Å²) >= 11 is 0. The number of nitro groups is 1. The first-order valence-corrected chi connectivity index (χ1v) is 10.7. The maximum atomic E-state index is 12.6. The second-order valence-corrected chi connectivity index (χ2v) is 7.75. The Morgan fingerprint density at radius 3 is 2.51 bits per heavy atom. The van der Waals surface area contributed by atoms with Gasteiger partial charge in [0.15, 0.2) is 5.75 Å². The van der Waals surface area contributed by atoms with Crippen LogP contribution in [0, 0.1) is 10.1 Å². The fourth-order valence-corrected chi connectivity index (χ4v) is 3.84. The number of ether oxygens (including phenoxy) is 1. The number of benzene rings is 4. The molecule has 0 aliphatic carbocycles. The van der Waals surface area contributed by atoms with Crippen LogP contribution >= 0.6 is 0 Å². The van der Waals surface area contributed by atoms with E-state index in [4.69, 9.17) is 4.74 Å². The molecule has 0 atom stereocenters. The van der Waals surface area contributed by atoms with Crippen molar-refractivity contribution in [2.45, 2.75) is 6.61 Å². The molecule has 0 radical (unpaired) electrons. The predicted octanol–water partition coefficient (Wildman–Crippen LogP) is 4.21. The number of para-hydroxylation sites is 1. The molecule has 0 aliphatic heterocycles. The van der Waals surface area contributed by atoms with E-state index in [0.717, 1.165) is 16.3 Å². The molecule has 0 bridgehead atoms. The second kappa shape index (κ2) is 9.06. The summed E-state index contributed by atoms with van der Waals surface area (Å²) in [6.07, 6.45) is 1.22. The van der Waals surface area contributed by atoms with Crippen LogP contribution in [0.15, 0.2) is 99.6 Å². The number of nitrogens with one attached hydrogen (secondary N) is 1. The lowest BCUT2D eigenvalue weighted by molar-refractivity contribution is -0.385. The molecule has 9 nitrogen and oxygen atoms in total. The van der Waals surface area contributed by atoms with E-state index in [0.29, 0.717) is 21.1 Å². The van der Waals surface area contributed by atoms with Gasteiger partial charge in [0.05, 0.1) is 22.0 Å². The Labute approximate surface area is 197 Å². The second-order valence-electron chi connectivity index (χ2n) is 7.75. The van der Waals surface area contributed by atoms with Crippen molar-refractivity contribution in [3.63, 3.8) is 0 Å².